The Balaban J connectivity index is 1.67. The molecule has 0 aromatic heterocycles. The number of nitrogens with zero attached hydrogens (tertiary/aromatic N) is 1. The second-order valence-electron chi connectivity index (χ2n) is 9.52. The normalized spacial score (nSPS) is 25.7. The third kappa shape index (κ3) is 2.85. The average Bonchev–Trinajstić information content (AvgIpc) is 3.32. The van der Waals surface area contributed by atoms with Crippen molar-refractivity contribution in [2.45, 2.75) is 31.3 Å². The molecule has 4 atom stereocenters. The first kappa shape index (κ1) is 21.8. The van der Waals surface area contributed by atoms with E-state index in [1.165, 1.54) is 6.92 Å². The predicted molar refractivity (Wildman–Crippen MR) is 137 cm³/mol. The molecule has 3 aromatic carbocycles. The molecule has 1 amide bonds. The Morgan fingerprint density at radius 1 is 1.03 bits per heavy atom. The number of para-hydroxylation sites is 1. The number of aryl methyl sites for hydroxylation is 1. The van der Waals surface area contributed by atoms with Crippen molar-refractivity contribution < 1.29 is 14.4 Å². The van der Waals surface area contributed by atoms with Crippen molar-refractivity contribution in [2.75, 3.05) is 10.2 Å². The standard InChI is InChI=1S/C29H23ClN2O3/c1-16-11-13-23-18(15-16)12-14-24-29(20-8-4-6-10-22(20)31-28(29)35)25(26(17(2)33)32(23)24)27(34)19-7-3-5-9-21(19)30/h3-15,24-26H,1-2H3,(H,31,35)/t24-,25+,26-,29-/m1/s1. The molecule has 35 heavy (non-hydrogen) atoms. The molecule has 1 N–H and O–H groups in total. The van der Waals surface area contributed by atoms with Crippen LogP contribution in [-0.2, 0) is 15.0 Å². The smallest absolute Gasteiger partial charge is 0.238 e. The minimum Gasteiger partial charge on any atom is -0.352 e. The van der Waals surface area contributed by atoms with Crippen LogP contribution in [0, 0.1) is 12.8 Å². The molecule has 3 aliphatic rings. The molecule has 3 aliphatic heterocycles. The van der Waals surface area contributed by atoms with Crippen LogP contribution in [0.1, 0.15) is 34.0 Å². The lowest BCUT2D eigenvalue weighted by Gasteiger charge is -2.37. The summed E-state index contributed by atoms with van der Waals surface area (Å²) in [7, 11) is 0. The van der Waals surface area contributed by atoms with Crippen molar-refractivity contribution in [3.8, 4) is 0 Å². The molecule has 0 aliphatic carbocycles. The van der Waals surface area contributed by atoms with Crippen molar-refractivity contribution >= 4 is 46.5 Å². The summed E-state index contributed by atoms with van der Waals surface area (Å²) in [5, 5.41) is 3.31. The summed E-state index contributed by atoms with van der Waals surface area (Å²) in [5.74, 6) is -1.72. The zero-order valence-electron chi connectivity index (χ0n) is 19.3. The van der Waals surface area contributed by atoms with Crippen molar-refractivity contribution in [1.82, 2.24) is 0 Å². The second kappa shape index (κ2) is 7.65. The molecule has 174 valence electrons. The van der Waals surface area contributed by atoms with E-state index in [4.69, 9.17) is 11.6 Å². The molecular weight excluding hydrogens is 460 g/mol. The van der Waals surface area contributed by atoms with Gasteiger partial charge in [0.2, 0.25) is 5.91 Å². The third-order valence-electron chi connectivity index (χ3n) is 7.63. The Morgan fingerprint density at radius 2 is 1.77 bits per heavy atom. The first-order valence-corrected chi connectivity index (χ1v) is 12.0. The Labute approximate surface area is 208 Å². The van der Waals surface area contributed by atoms with Gasteiger partial charge in [-0.1, -0.05) is 65.7 Å². The average molecular weight is 483 g/mol. The number of halogens is 1. The molecule has 6 rings (SSSR count). The highest BCUT2D eigenvalue weighted by Gasteiger charge is 2.69. The van der Waals surface area contributed by atoms with Crippen LogP contribution in [0.4, 0.5) is 11.4 Å². The van der Waals surface area contributed by atoms with Crippen LogP contribution in [0.15, 0.2) is 72.8 Å². The molecule has 3 aromatic rings. The van der Waals surface area contributed by atoms with Crippen LogP contribution in [0.25, 0.3) is 6.08 Å². The van der Waals surface area contributed by atoms with E-state index in [2.05, 4.69) is 11.4 Å². The highest BCUT2D eigenvalue weighted by Crippen LogP contribution is 2.57. The summed E-state index contributed by atoms with van der Waals surface area (Å²) in [6.45, 7) is 3.51. The summed E-state index contributed by atoms with van der Waals surface area (Å²) in [4.78, 5) is 43.7. The lowest BCUT2D eigenvalue weighted by Crippen LogP contribution is -2.51. The fraction of sp³-hybridized carbons (Fsp3) is 0.207. The fourth-order valence-electron chi connectivity index (χ4n) is 6.28. The summed E-state index contributed by atoms with van der Waals surface area (Å²) in [6.07, 6.45) is 3.97. The zero-order chi connectivity index (χ0) is 24.5. The highest BCUT2D eigenvalue weighted by molar-refractivity contribution is 6.34. The van der Waals surface area contributed by atoms with Gasteiger partial charge in [0.05, 0.1) is 23.0 Å². The number of carbonyl (C=O) groups is 3. The van der Waals surface area contributed by atoms with Crippen LogP contribution in [0.2, 0.25) is 5.02 Å². The summed E-state index contributed by atoms with van der Waals surface area (Å²) in [5.41, 5.74) is 3.32. The van der Waals surface area contributed by atoms with Crippen molar-refractivity contribution in [3.63, 3.8) is 0 Å². The number of Topliss-reactive ketones (excluding diaryl/α,β-unsaturated/α-hetero) is 2. The number of ketones is 2. The van der Waals surface area contributed by atoms with E-state index >= 15 is 0 Å². The van der Waals surface area contributed by atoms with Crippen LogP contribution in [-0.4, -0.2) is 29.6 Å². The Bertz CT molecular complexity index is 1460. The number of carbonyl (C=O) groups excluding carboxylic acids is 3. The van der Waals surface area contributed by atoms with Crippen molar-refractivity contribution in [2.24, 2.45) is 5.92 Å². The number of anilines is 2. The van der Waals surface area contributed by atoms with Gasteiger partial charge in [-0.25, -0.2) is 0 Å². The van der Waals surface area contributed by atoms with Gasteiger partial charge in [0, 0.05) is 16.9 Å². The minimum atomic E-state index is -1.29. The van der Waals surface area contributed by atoms with Crippen LogP contribution < -0.4 is 10.2 Å². The summed E-state index contributed by atoms with van der Waals surface area (Å²) >= 11 is 6.47. The van der Waals surface area contributed by atoms with Crippen LogP contribution in [0.3, 0.4) is 0 Å². The number of amides is 1. The maximum atomic E-state index is 14.3. The predicted octanol–water partition coefficient (Wildman–Crippen LogP) is 5.21. The first-order chi connectivity index (χ1) is 16.9. The maximum Gasteiger partial charge on any atom is 0.238 e. The molecule has 1 saturated heterocycles. The lowest BCUT2D eigenvalue weighted by molar-refractivity contribution is -0.122. The van der Waals surface area contributed by atoms with Crippen LogP contribution >= 0.6 is 11.6 Å². The van der Waals surface area contributed by atoms with Crippen molar-refractivity contribution in [3.05, 3.63) is 100 Å². The number of benzene rings is 3. The van der Waals surface area contributed by atoms with Gasteiger partial charge in [-0.05, 0) is 55.3 Å². The summed E-state index contributed by atoms with van der Waals surface area (Å²) in [6, 6.07) is 18.9. The molecule has 1 spiro atoms. The van der Waals surface area contributed by atoms with E-state index in [0.717, 1.165) is 22.4 Å². The zero-order valence-corrected chi connectivity index (χ0v) is 20.0. The number of rotatable bonds is 3. The van der Waals surface area contributed by atoms with Gasteiger partial charge in [0.1, 0.15) is 5.41 Å². The lowest BCUT2D eigenvalue weighted by atomic mass is 9.64. The van der Waals surface area contributed by atoms with E-state index in [9.17, 15) is 14.4 Å². The minimum absolute atomic E-state index is 0.170. The molecule has 5 nitrogen and oxygen atoms in total. The summed E-state index contributed by atoms with van der Waals surface area (Å²) < 4.78 is 0. The number of hydrogen-bond acceptors (Lipinski definition) is 4. The molecule has 0 radical (unpaired) electrons. The highest BCUT2D eigenvalue weighted by atomic mass is 35.5. The molecule has 6 heteroatoms. The first-order valence-electron chi connectivity index (χ1n) is 11.6. The number of hydrogen-bond donors (Lipinski definition) is 1. The van der Waals surface area contributed by atoms with Gasteiger partial charge >= 0.3 is 0 Å². The maximum absolute atomic E-state index is 14.3. The molecular formula is C29H23ClN2O3. The monoisotopic (exact) mass is 482 g/mol. The Morgan fingerprint density at radius 3 is 2.54 bits per heavy atom. The van der Waals surface area contributed by atoms with Gasteiger partial charge in [0.25, 0.3) is 0 Å². The quantitative estimate of drug-likeness (QED) is 0.520. The van der Waals surface area contributed by atoms with E-state index < -0.39 is 23.4 Å². The van der Waals surface area contributed by atoms with E-state index in [0.29, 0.717) is 16.3 Å². The Kier molecular flexibility index (Phi) is 4.77. The van der Waals surface area contributed by atoms with Gasteiger partial charge in [-0.3, -0.25) is 14.4 Å². The van der Waals surface area contributed by atoms with Gasteiger partial charge in [-0.15, -0.1) is 0 Å². The second-order valence-corrected chi connectivity index (χ2v) is 9.93. The number of fused-ring (bicyclic) bond motifs is 6. The molecule has 0 unspecified atom stereocenters. The number of nitrogens with one attached hydrogen (secondary N) is 1. The topological polar surface area (TPSA) is 66.5 Å². The van der Waals surface area contributed by atoms with E-state index in [-0.39, 0.29) is 17.5 Å². The molecule has 0 bridgehead atoms. The Hall–Kier alpha value is -3.70. The largest absolute Gasteiger partial charge is 0.352 e. The molecule has 3 heterocycles. The third-order valence-corrected chi connectivity index (χ3v) is 7.96. The van der Waals surface area contributed by atoms with Crippen molar-refractivity contribution in [1.29, 1.82) is 0 Å². The fourth-order valence-corrected chi connectivity index (χ4v) is 6.51. The molecule has 1 fully saturated rings. The van der Waals surface area contributed by atoms with Crippen LogP contribution in [0.5, 0.6) is 0 Å². The van der Waals surface area contributed by atoms with Gasteiger partial charge in [0.15, 0.2) is 11.6 Å². The van der Waals surface area contributed by atoms with E-state index in [1.54, 1.807) is 24.3 Å². The van der Waals surface area contributed by atoms with E-state index in [1.807, 2.05) is 60.4 Å². The SMILES string of the molecule is CC(=O)[C@@H]1[C@@H](C(=O)c2ccccc2Cl)[C@]2(C(=O)Nc3ccccc32)[C@H]2C=Cc3cc(C)ccc3N12. The molecule has 0 saturated carbocycles. The van der Waals surface area contributed by atoms with Gasteiger partial charge in [-0.2, -0.15) is 0 Å². The van der Waals surface area contributed by atoms with Gasteiger partial charge < -0.3 is 10.2 Å².